The number of hydrogen-bond acceptors (Lipinski definition) is 4. The van der Waals surface area contributed by atoms with E-state index in [4.69, 9.17) is 4.99 Å². The summed E-state index contributed by atoms with van der Waals surface area (Å²) in [7, 11) is 0. The number of benzene rings is 2. The van der Waals surface area contributed by atoms with Crippen LogP contribution in [0.25, 0.3) is 21.9 Å². The summed E-state index contributed by atoms with van der Waals surface area (Å²) < 4.78 is 0. The molecule has 2 saturated carbocycles. The van der Waals surface area contributed by atoms with Crippen molar-refractivity contribution in [3.63, 3.8) is 0 Å². The van der Waals surface area contributed by atoms with E-state index < -0.39 is 5.54 Å². The molecule has 1 aromatic heterocycles. The van der Waals surface area contributed by atoms with Crippen molar-refractivity contribution in [3.05, 3.63) is 70.6 Å². The van der Waals surface area contributed by atoms with Crippen LogP contribution in [0.15, 0.2) is 64.5 Å². The van der Waals surface area contributed by atoms with E-state index >= 15 is 0 Å². The quantitative estimate of drug-likeness (QED) is 0.606. The molecule has 1 saturated heterocycles. The summed E-state index contributed by atoms with van der Waals surface area (Å²) in [5, 5.41) is 1.57. The largest absolute Gasteiger partial charge is 0.342 e. The Labute approximate surface area is 208 Å². The number of aromatic nitrogens is 1. The van der Waals surface area contributed by atoms with Gasteiger partial charge in [0.2, 0.25) is 5.91 Å². The van der Waals surface area contributed by atoms with Gasteiger partial charge in [0.1, 0.15) is 11.4 Å². The highest BCUT2D eigenvalue weighted by molar-refractivity contribution is 6.16. The highest BCUT2D eigenvalue weighted by Gasteiger charge is 2.57. The lowest BCUT2D eigenvalue weighted by molar-refractivity contribution is -0.131. The van der Waals surface area contributed by atoms with Crippen molar-refractivity contribution < 1.29 is 9.59 Å². The fraction of sp³-hybridized carbons (Fsp3) is 0.379. The van der Waals surface area contributed by atoms with Crippen LogP contribution >= 0.6 is 0 Å². The Bertz CT molecular complexity index is 1480. The number of likely N-dealkylation sites (tertiary alicyclic amines) is 1. The molecule has 36 heavy (non-hydrogen) atoms. The van der Waals surface area contributed by atoms with Gasteiger partial charge in [-0.3, -0.25) is 24.3 Å². The Hall–Kier alpha value is -3.74. The van der Waals surface area contributed by atoms with Gasteiger partial charge >= 0.3 is 0 Å². The second kappa shape index (κ2) is 7.88. The smallest absolute Gasteiger partial charge is 0.256 e. The average Bonchev–Trinajstić information content (AvgIpc) is 3.82. The second-order valence-electron chi connectivity index (χ2n) is 10.8. The van der Waals surface area contributed by atoms with Crippen molar-refractivity contribution in [1.29, 1.82) is 0 Å². The number of nitrogens with zero attached hydrogens (tertiary/aromatic N) is 3. The number of amidine groups is 1. The lowest BCUT2D eigenvalue weighted by Gasteiger charge is -2.23. The van der Waals surface area contributed by atoms with Gasteiger partial charge in [0.05, 0.1) is 0 Å². The van der Waals surface area contributed by atoms with Crippen LogP contribution in [0, 0.1) is 11.8 Å². The van der Waals surface area contributed by atoms with Crippen LogP contribution in [0.3, 0.4) is 0 Å². The van der Waals surface area contributed by atoms with Crippen molar-refractivity contribution in [2.45, 2.75) is 37.6 Å². The number of carbonyl (C=O) groups is 2. The number of H-pyrrole nitrogens is 1. The first-order valence-corrected chi connectivity index (χ1v) is 12.9. The molecule has 2 amide bonds. The number of carbonyl (C=O) groups excluding carboxylic acids is 2. The molecule has 1 spiro atoms. The van der Waals surface area contributed by atoms with Crippen molar-refractivity contribution in [2.24, 2.45) is 16.8 Å². The van der Waals surface area contributed by atoms with Crippen LogP contribution in [0.2, 0.25) is 0 Å². The topological polar surface area (TPSA) is 85.8 Å². The summed E-state index contributed by atoms with van der Waals surface area (Å²) >= 11 is 0. The molecule has 0 radical (unpaired) electrons. The van der Waals surface area contributed by atoms with Crippen LogP contribution in [0.4, 0.5) is 0 Å². The number of pyridine rings is 1. The van der Waals surface area contributed by atoms with Gasteiger partial charge in [-0.2, -0.15) is 0 Å². The van der Waals surface area contributed by atoms with Crippen LogP contribution < -0.4 is 5.56 Å². The Morgan fingerprint density at radius 1 is 0.972 bits per heavy atom. The minimum Gasteiger partial charge on any atom is -0.342 e. The predicted octanol–water partition coefficient (Wildman–Crippen LogP) is 3.58. The standard InChI is InChI=1S/C29H28N4O3/c34-26-24-8-7-22(15-23(24)9-13-30-26)19-1-3-20(4-2-19)25-31-29(11-12-29)28(36)33(25)17-18-10-14-32(16-18)27(35)21-5-6-21/h1-4,7-9,13,15,18,21H,5-6,10-12,14,16-17H2,(H,30,34)/t18-/m1/s1. The van der Waals surface area contributed by atoms with E-state index in [1.54, 1.807) is 6.20 Å². The van der Waals surface area contributed by atoms with Gasteiger partial charge < -0.3 is 9.88 Å². The monoisotopic (exact) mass is 480 g/mol. The fourth-order valence-electron chi connectivity index (χ4n) is 5.70. The van der Waals surface area contributed by atoms with E-state index in [0.29, 0.717) is 17.8 Å². The van der Waals surface area contributed by atoms with E-state index in [2.05, 4.69) is 17.1 Å². The maximum absolute atomic E-state index is 13.3. The van der Waals surface area contributed by atoms with Gasteiger partial charge in [-0.25, -0.2) is 0 Å². The molecule has 2 aliphatic carbocycles. The highest BCUT2D eigenvalue weighted by Crippen LogP contribution is 2.46. The van der Waals surface area contributed by atoms with Crippen LogP contribution in [0.5, 0.6) is 0 Å². The predicted molar refractivity (Wildman–Crippen MR) is 138 cm³/mol. The molecule has 1 N–H and O–H groups in total. The number of fused-ring (bicyclic) bond motifs is 1. The first kappa shape index (κ1) is 21.5. The van der Waals surface area contributed by atoms with Gasteiger partial charge in [-0.05, 0) is 72.7 Å². The van der Waals surface area contributed by atoms with Gasteiger partial charge in [-0.1, -0.05) is 30.3 Å². The summed E-state index contributed by atoms with van der Waals surface area (Å²) in [4.78, 5) is 49.4. The van der Waals surface area contributed by atoms with Crippen molar-refractivity contribution in [1.82, 2.24) is 14.8 Å². The third-order valence-electron chi connectivity index (χ3n) is 8.16. The molecule has 7 rings (SSSR count). The summed E-state index contributed by atoms with van der Waals surface area (Å²) in [6.45, 7) is 2.16. The lowest BCUT2D eigenvalue weighted by atomic mass is 10.0. The Morgan fingerprint density at radius 3 is 2.47 bits per heavy atom. The van der Waals surface area contributed by atoms with Crippen LogP contribution in [0.1, 0.15) is 37.7 Å². The molecule has 2 aromatic carbocycles. The zero-order chi connectivity index (χ0) is 24.4. The maximum atomic E-state index is 13.3. The second-order valence-corrected chi connectivity index (χ2v) is 10.8. The zero-order valence-electron chi connectivity index (χ0n) is 20.1. The minimum atomic E-state index is -0.554. The third kappa shape index (κ3) is 3.56. The minimum absolute atomic E-state index is 0.0882. The normalized spacial score (nSPS) is 22.5. The van der Waals surface area contributed by atoms with Gasteiger partial charge in [0.15, 0.2) is 0 Å². The summed E-state index contributed by atoms with van der Waals surface area (Å²) in [5.74, 6) is 1.71. The number of aromatic amines is 1. The number of rotatable bonds is 5. The zero-order valence-corrected chi connectivity index (χ0v) is 20.1. The van der Waals surface area contributed by atoms with E-state index in [1.807, 2.05) is 46.2 Å². The van der Waals surface area contributed by atoms with Crippen LogP contribution in [-0.2, 0) is 9.59 Å². The van der Waals surface area contributed by atoms with Crippen LogP contribution in [-0.4, -0.2) is 57.6 Å². The Kier molecular flexibility index (Phi) is 4.72. The first-order valence-electron chi connectivity index (χ1n) is 12.9. The molecular formula is C29H28N4O3. The molecule has 1 atom stereocenters. The molecule has 3 heterocycles. The SMILES string of the molecule is O=C(C1CC1)N1CC[C@@H](CN2C(=O)C3(CC3)N=C2c2ccc(-c3ccc4c(=O)[nH]ccc4c3)cc2)C1. The molecule has 3 aromatic rings. The Balaban J connectivity index is 1.13. The molecule has 4 aliphatic rings. The number of amides is 2. The first-order chi connectivity index (χ1) is 17.5. The lowest BCUT2D eigenvalue weighted by Crippen LogP contribution is -2.40. The van der Waals surface area contributed by atoms with Gasteiger partial charge in [-0.15, -0.1) is 0 Å². The van der Waals surface area contributed by atoms with Crippen molar-refractivity contribution in [2.75, 3.05) is 19.6 Å². The fourth-order valence-corrected chi connectivity index (χ4v) is 5.70. The number of hydrogen-bond donors (Lipinski definition) is 1. The number of nitrogens with one attached hydrogen (secondary N) is 1. The molecule has 2 aliphatic heterocycles. The summed E-state index contributed by atoms with van der Waals surface area (Å²) in [6, 6.07) is 15.9. The summed E-state index contributed by atoms with van der Waals surface area (Å²) in [6.07, 6.45) is 6.29. The molecule has 0 unspecified atom stereocenters. The van der Waals surface area contributed by atoms with E-state index in [9.17, 15) is 14.4 Å². The van der Waals surface area contributed by atoms with Gasteiger partial charge in [0, 0.05) is 42.7 Å². The van der Waals surface area contributed by atoms with Gasteiger partial charge in [0.25, 0.3) is 11.5 Å². The molecule has 7 heteroatoms. The van der Waals surface area contributed by atoms with E-state index in [0.717, 1.165) is 73.1 Å². The highest BCUT2D eigenvalue weighted by atomic mass is 16.2. The van der Waals surface area contributed by atoms with Crippen molar-refractivity contribution >= 4 is 28.4 Å². The molecule has 3 fully saturated rings. The molecular weight excluding hydrogens is 452 g/mol. The Morgan fingerprint density at radius 2 is 1.72 bits per heavy atom. The van der Waals surface area contributed by atoms with Crippen molar-refractivity contribution in [3.8, 4) is 11.1 Å². The maximum Gasteiger partial charge on any atom is 0.256 e. The molecule has 182 valence electrons. The molecule has 7 nitrogen and oxygen atoms in total. The van der Waals surface area contributed by atoms with E-state index in [1.165, 1.54) is 0 Å². The average molecular weight is 481 g/mol. The summed E-state index contributed by atoms with van der Waals surface area (Å²) in [5.41, 5.74) is 2.38. The third-order valence-corrected chi connectivity index (χ3v) is 8.16. The number of aliphatic imine (C=N–C) groups is 1. The molecule has 0 bridgehead atoms. The van der Waals surface area contributed by atoms with E-state index in [-0.39, 0.29) is 23.3 Å².